The fraction of sp³-hybridized carbons (Fsp3) is 0.200. The van der Waals surface area contributed by atoms with Crippen molar-refractivity contribution in [3.8, 4) is 11.8 Å². The number of nitrogens with two attached hydrogens (primary N) is 1. The first-order chi connectivity index (χ1) is 9.79. The molecule has 1 aromatic heterocycles. The lowest BCUT2D eigenvalue weighted by Gasteiger charge is -2.23. The van der Waals surface area contributed by atoms with E-state index in [2.05, 4.69) is 4.98 Å². The van der Waals surface area contributed by atoms with Gasteiger partial charge < -0.3 is 15.4 Å². The van der Waals surface area contributed by atoms with E-state index in [-0.39, 0.29) is 0 Å². The predicted molar refractivity (Wildman–Crippen MR) is 76.9 cm³/mol. The lowest BCUT2D eigenvalue weighted by molar-refractivity contribution is 0.322. The van der Waals surface area contributed by atoms with Crippen LogP contribution in [0.2, 0.25) is 0 Å². The molecule has 0 aliphatic carbocycles. The van der Waals surface area contributed by atoms with Crippen molar-refractivity contribution >= 4 is 17.2 Å². The first-order valence-electron chi connectivity index (χ1n) is 6.44. The molecule has 100 valence electrons. The van der Waals surface area contributed by atoms with Crippen LogP contribution < -0.4 is 15.4 Å². The van der Waals surface area contributed by atoms with Gasteiger partial charge in [-0.25, -0.2) is 4.98 Å². The van der Waals surface area contributed by atoms with E-state index in [0.29, 0.717) is 23.7 Å². The zero-order valence-electron chi connectivity index (χ0n) is 10.9. The predicted octanol–water partition coefficient (Wildman–Crippen LogP) is 2.46. The number of anilines is 3. The van der Waals surface area contributed by atoms with E-state index in [0.717, 1.165) is 24.4 Å². The lowest BCUT2D eigenvalue weighted by Crippen LogP contribution is -2.20. The van der Waals surface area contributed by atoms with Crippen molar-refractivity contribution in [3.05, 3.63) is 42.1 Å². The molecule has 0 spiro atoms. The second-order valence-electron chi connectivity index (χ2n) is 4.57. The molecule has 1 aliphatic rings. The van der Waals surface area contributed by atoms with E-state index in [9.17, 15) is 0 Å². The van der Waals surface area contributed by atoms with E-state index < -0.39 is 0 Å². The van der Waals surface area contributed by atoms with Crippen molar-refractivity contribution in [2.24, 2.45) is 0 Å². The van der Waals surface area contributed by atoms with Crippen LogP contribution in [0.5, 0.6) is 5.75 Å². The molecule has 0 unspecified atom stereocenters. The van der Waals surface area contributed by atoms with Gasteiger partial charge in [0.2, 0.25) is 0 Å². The number of rotatable bonds is 1. The quantitative estimate of drug-likeness (QED) is 0.858. The largest absolute Gasteiger partial charge is 0.491 e. The lowest BCUT2D eigenvalue weighted by atomic mass is 10.2. The first-order valence-corrected chi connectivity index (χ1v) is 6.44. The van der Waals surface area contributed by atoms with Gasteiger partial charge >= 0.3 is 0 Å². The number of para-hydroxylation sites is 2. The van der Waals surface area contributed by atoms with Gasteiger partial charge in [0.25, 0.3) is 0 Å². The molecule has 3 rings (SSSR count). The molecule has 0 saturated carbocycles. The Kier molecular flexibility index (Phi) is 3.13. The molecule has 1 aromatic carbocycles. The number of benzene rings is 1. The van der Waals surface area contributed by atoms with Crippen molar-refractivity contribution < 1.29 is 4.74 Å². The van der Waals surface area contributed by atoms with Crippen molar-refractivity contribution in [1.82, 2.24) is 4.98 Å². The van der Waals surface area contributed by atoms with Gasteiger partial charge in [0.1, 0.15) is 11.8 Å². The number of aromatic nitrogens is 1. The molecule has 0 fully saturated rings. The maximum Gasteiger partial charge on any atom is 0.156 e. The number of hydrogen-bond donors (Lipinski definition) is 1. The maximum absolute atomic E-state index is 8.89. The molecule has 0 amide bonds. The molecule has 2 heterocycles. The Labute approximate surface area is 117 Å². The van der Waals surface area contributed by atoms with Gasteiger partial charge in [0.05, 0.1) is 23.5 Å². The molecule has 5 nitrogen and oxygen atoms in total. The van der Waals surface area contributed by atoms with E-state index >= 15 is 0 Å². The third kappa shape index (κ3) is 2.12. The molecule has 2 aromatic rings. The fourth-order valence-corrected chi connectivity index (χ4v) is 2.31. The van der Waals surface area contributed by atoms with Crippen molar-refractivity contribution in [1.29, 1.82) is 5.26 Å². The summed E-state index contributed by atoms with van der Waals surface area (Å²) < 4.78 is 5.72. The minimum absolute atomic E-state index is 0.464. The molecule has 0 atom stereocenters. The highest BCUT2D eigenvalue weighted by Crippen LogP contribution is 2.37. The molecule has 1 aliphatic heterocycles. The molecule has 20 heavy (non-hydrogen) atoms. The van der Waals surface area contributed by atoms with E-state index in [1.165, 1.54) is 0 Å². The first kappa shape index (κ1) is 12.3. The van der Waals surface area contributed by atoms with Crippen molar-refractivity contribution in [2.75, 3.05) is 23.8 Å². The Morgan fingerprint density at radius 3 is 3.00 bits per heavy atom. The van der Waals surface area contributed by atoms with Crippen LogP contribution in [0, 0.1) is 11.3 Å². The SMILES string of the molecule is N#Cc1cnc(N2CCCOc3ccccc32)c(N)c1. The molecule has 5 heteroatoms. The Bertz CT molecular complexity index is 678. The fourth-order valence-electron chi connectivity index (χ4n) is 2.31. The number of hydrogen-bond acceptors (Lipinski definition) is 5. The molecule has 0 saturated heterocycles. The Hall–Kier alpha value is -2.74. The Morgan fingerprint density at radius 2 is 2.20 bits per heavy atom. The monoisotopic (exact) mass is 266 g/mol. The number of nitrogens with zero attached hydrogens (tertiary/aromatic N) is 3. The minimum Gasteiger partial charge on any atom is -0.491 e. The van der Waals surface area contributed by atoms with Crippen LogP contribution >= 0.6 is 0 Å². The highest BCUT2D eigenvalue weighted by Gasteiger charge is 2.20. The highest BCUT2D eigenvalue weighted by molar-refractivity contribution is 5.75. The van der Waals surface area contributed by atoms with Crippen LogP contribution in [-0.2, 0) is 0 Å². The summed E-state index contributed by atoms with van der Waals surface area (Å²) in [5.74, 6) is 1.50. The molecular formula is C15H14N4O. The number of nitriles is 1. The molecule has 0 radical (unpaired) electrons. The van der Waals surface area contributed by atoms with Gasteiger partial charge in [-0.1, -0.05) is 12.1 Å². The second-order valence-corrected chi connectivity index (χ2v) is 4.57. The standard InChI is InChI=1S/C15H14N4O/c16-9-11-8-12(17)15(18-10-11)19-6-3-7-20-14-5-2-1-4-13(14)19/h1-2,4-5,8,10H,3,6-7,17H2. The van der Waals surface area contributed by atoms with Gasteiger partial charge in [0, 0.05) is 12.7 Å². The summed E-state index contributed by atoms with van der Waals surface area (Å²) >= 11 is 0. The van der Waals surface area contributed by atoms with E-state index in [4.69, 9.17) is 15.7 Å². The van der Waals surface area contributed by atoms with Crippen LogP contribution in [0.15, 0.2) is 36.5 Å². The zero-order chi connectivity index (χ0) is 13.9. The minimum atomic E-state index is 0.464. The second kappa shape index (κ2) is 5.10. The summed E-state index contributed by atoms with van der Waals surface area (Å²) in [6.07, 6.45) is 2.43. The highest BCUT2D eigenvalue weighted by atomic mass is 16.5. The normalized spacial score (nSPS) is 13.8. The average molecular weight is 266 g/mol. The van der Waals surface area contributed by atoms with Crippen molar-refractivity contribution in [2.45, 2.75) is 6.42 Å². The van der Waals surface area contributed by atoms with E-state index in [1.807, 2.05) is 35.2 Å². The van der Waals surface area contributed by atoms with Crippen LogP contribution in [0.25, 0.3) is 0 Å². The smallest absolute Gasteiger partial charge is 0.156 e. The average Bonchev–Trinajstić information content (AvgIpc) is 2.69. The van der Waals surface area contributed by atoms with Gasteiger partial charge in [-0.05, 0) is 24.6 Å². The third-order valence-corrected chi connectivity index (χ3v) is 3.22. The van der Waals surface area contributed by atoms with Gasteiger partial charge in [-0.3, -0.25) is 0 Å². The van der Waals surface area contributed by atoms with Gasteiger partial charge in [-0.15, -0.1) is 0 Å². The summed E-state index contributed by atoms with van der Waals surface area (Å²) in [5, 5.41) is 8.89. The van der Waals surface area contributed by atoms with Crippen LogP contribution in [0.3, 0.4) is 0 Å². The molecular weight excluding hydrogens is 252 g/mol. The summed E-state index contributed by atoms with van der Waals surface area (Å²) in [4.78, 5) is 6.38. The summed E-state index contributed by atoms with van der Waals surface area (Å²) in [7, 11) is 0. The summed E-state index contributed by atoms with van der Waals surface area (Å²) in [6, 6.07) is 11.5. The Morgan fingerprint density at radius 1 is 1.35 bits per heavy atom. The maximum atomic E-state index is 8.89. The number of nitrogen functional groups attached to an aromatic ring is 1. The molecule has 0 bridgehead atoms. The zero-order valence-corrected chi connectivity index (χ0v) is 10.9. The van der Waals surface area contributed by atoms with Gasteiger partial charge in [-0.2, -0.15) is 5.26 Å². The van der Waals surface area contributed by atoms with Gasteiger partial charge in [0.15, 0.2) is 5.82 Å². The van der Waals surface area contributed by atoms with Crippen LogP contribution in [0.4, 0.5) is 17.2 Å². The summed E-state index contributed by atoms with van der Waals surface area (Å²) in [6.45, 7) is 1.45. The number of pyridine rings is 1. The van der Waals surface area contributed by atoms with Crippen LogP contribution in [0.1, 0.15) is 12.0 Å². The molecule has 2 N–H and O–H groups in total. The number of ether oxygens (including phenoxy) is 1. The summed E-state index contributed by atoms with van der Waals surface area (Å²) in [5.41, 5.74) is 7.96. The topological polar surface area (TPSA) is 75.2 Å². The third-order valence-electron chi connectivity index (χ3n) is 3.22. The number of fused-ring (bicyclic) bond motifs is 1. The Balaban J connectivity index is 2.08. The van der Waals surface area contributed by atoms with Crippen molar-refractivity contribution in [3.63, 3.8) is 0 Å². The van der Waals surface area contributed by atoms with E-state index in [1.54, 1.807) is 12.3 Å². The van der Waals surface area contributed by atoms with Crippen LogP contribution in [-0.4, -0.2) is 18.1 Å².